The lowest BCUT2D eigenvalue weighted by atomic mass is 10.3. The molecule has 37 heavy (non-hydrogen) atoms. The molecule has 0 saturated carbocycles. The molecule has 4 rings (SSSR count). The lowest BCUT2D eigenvalue weighted by Gasteiger charge is -2.18. The highest BCUT2D eigenvalue weighted by Crippen LogP contribution is 2.48. The minimum absolute atomic E-state index is 0.256. The number of halogens is 2. The van der Waals surface area contributed by atoms with Crippen LogP contribution in [-0.4, -0.2) is 38.7 Å². The monoisotopic (exact) mass is 730 g/mol. The van der Waals surface area contributed by atoms with E-state index in [1.165, 1.54) is 13.0 Å². The Kier molecular flexibility index (Phi) is 8.66. The first-order valence-electron chi connectivity index (χ1n) is 9.96. The highest BCUT2D eigenvalue weighted by Gasteiger charge is 2.28. The second-order valence-electron chi connectivity index (χ2n) is 7.67. The van der Waals surface area contributed by atoms with Gasteiger partial charge in [-0.05, 0) is 65.9 Å². The van der Waals surface area contributed by atoms with E-state index in [0.717, 1.165) is 12.7 Å². The van der Waals surface area contributed by atoms with Crippen LogP contribution in [0.4, 0.5) is 0 Å². The summed E-state index contributed by atoms with van der Waals surface area (Å²) in [5, 5.41) is 0. The van der Waals surface area contributed by atoms with Crippen molar-refractivity contribution in [3.8, 4) is 0 Å². The molecule has 4 aromatic rings. The van der Waals surface area contributed by atoms with Crippen molar-refractivity contribution < 1.29 is 28.7 Å². The number of aromatic amines is 2. The second-order valence-corrected chi connectivity index (χ2v) is 13.4. The molecule has 0 bridgehead atoms. The minimum atomic E-state index is -4.53. The number of hydrogen-bond donors (Lipinski definition) is 6. The van der Waals surface area contributed by atoms with Crippen LogP contribution < -0.4 is 22.2 Å². The van der Waals surface area contributed by atoms with Crippen molar-refractivity contribution in [1.29, 1.82) is 0 Å². The lowest BCUT2D eigenvalue weighted by Crippen LogP contribution is -2.37. The molecule has 0 amide bonds. The van der Waals surface area contributed by atoms with Crippen molar-refractivity contribution in [2.45, 2.75) is 19.0 Å². The molecule has 0 fully saturated rings. The van der Waals surface area contributed by atoms with Crippen LogP contribution in [-0.2, 0) is 15.4 Å². The zero-order valence-electron chi connectivity index (χ0n) is 18.5. The number of H-pyrrole nitrogens is 2. The maximum atomic E-state index is 11.8. The number of rotatable bonds is 4. The van der Waals surface area contributed by atoms with E-state index >= 15 is 0 Å². The molecule has 0 spiro atoms. The van der Waals surface area contributed by atoms with Crippen LogP contribution in [0, 0.1) is 3.57 Å². The summed E-state index contributed by atoms with van der Waals surface area (Å²) in [6.45, 7) is 1.21. The van der Waals surface area contributed by atoms with Gasteiger partial charge < -0.3 is 29.5 Å². The molecule has 2 heterocycles. The van der Waals surface area contributed by atoms with Crippen molar-refractivity contribution in [3.05, 3.63) is 85.9 Å². The van der Waals surface area contributed by atoms with Crippen molar-refractivity contribution >= 4 is 75.8 Å². The molecule has 14 nitrogen and oxygen atoms in total. The smallest absolute Gasteiger partial charge is 0.323 e. The van der Waals surface area contributed by atoms with Gasteiger partial charge in [0.25, 0.3) is 0 Å². The normalized spacial score (nSPS) is 12.8. The Morgan fingerprint density at radius 1 is 0.892 bits per heavy atom. The number of fused-ring (bicyclic) bond motifs is 2. The second kappa shape index (κ2) is 10.9. The van der Waals surface area contributed by atoms with Gasteiger partial charge in [-0.2, -0.15) is 0 Å². The van der Waals surface area contributed by atoms with Crippen molar-refractivity contribution in [3.63, 3.8) is 0 Å². The molecule has 1 atom stereocenters. The molecule has 1 unspecified atom stereocenters. The predicted octanol–water partition coefficient (Wildman–Crippen LogP) is 1.58. The van der Waals surface area contributed by atoms with E-state index in [1.54, 1.807) is 30.3 Å². The SMILES string of the molecule is CC(n1c(=O)c(=O)[nH]c2cc(I)ccc21)P(=O)(O)O.O=c1[nH]c2cc(Br)ccc2n(CP(=O)(O)O)c1=O. The zero-order chi connectivity index (χ0) is 27.9. The van der Waals surface area contributed by atoms with E-state index in [9.17, 15) is 38.1 Å². The van der Waals surface area contributed by atoms with Gasteiger partial charge >= 0.3 is 37.4 Å². The summed E-state index contributed by atoms with van der Waals surface area (Å²) in [6, 6.07) is 9.50. The molecular formula is C19H18BrIN4O10P2. The van der Waals surface area contributed by atoms with Crippen LogP contribution >= 0.6 is 53.7 Å². The van der Waals surface area contributed by atoms with Crippen molar-refractivity contribution in [2.75, 3.05) is 0 Å². The fraction of sp³-hybridized carbons (Fsp3) is 0.158. The van der Waals surface area contributed by atoms with Gasteiger partial charge in [0.05, 0.1) is 22.1 Å². The summed E-state index contributed by atoms with van der Waals surface area (Å²) < 4.78 is 25.4. The molecule has 18 heteroatoms. The highest BCUT2D eigenvalue weighted by atomic mass is 127. The molecule has 2 aromatic heterocycles. The number of benzene rings is 2. The minimum Gasteiger partial charge on any atom is -0.323 e. The number of aromatic nitrogens is 4. The topological polar surface area (TPSA) is 225 Å². The Hall–Kier alpha value is -2.17. The van der Waals surface area contributed by atoms with Crippen LogP contribution in [0.2, 0.25) is 0 Å². The van der Waals surface area contributed by atoms with Crippen LogP contribution in [0.3, 0.4) is 0 Å². The van der Waals surface area contributed by atoms with E-state index in [-0.39, 0.29) is 11.0 Å². The van der Waals surface area contributed by atoms with Gasteiger partial charge in [-0.25, -0.2) is 0 Å². The van der Waals surface area contributed by atoms with E-state index in [0.29, 0.717) is 15.5 Å². The first kappa shape index (κ1) is 29.4. The molecule has 2 aromatic carbocycles. The molecule has 0 radical (unpaired) electrons. The first-order chi connectivity index (χ1) is 17.0. The third kappa shape index (κ3) is 6.83. The highest BCUT2D eigenvalue weighted by molar-refractivity contribution is 14.1. The third-order valence-electron chi connectivity index (χ3n) is 5.00. The summed E-state index contributed by atoms with van der Waals surface area (Å²) >= 11 is 5.23. The lowest BCUT2D eigenvalue weighted by molar-refractivity contribution is 0.345. The third-order valence-corrected chi connectivity index (χ3v) is 8.02. The quantitative estimate of drug-likeness (QED) is 0.101. The van der Waals surface area contributed by atoms with Gasteiger partial charge in [0, 0.05) is 8.04 Å². The van der Waals surface area contributed by atoms with Gasteiger partial charge in [-0.3, -0.25) is 37.4 Å². The largest absolute Gasteiger partial charge is 0.347 e. The van der Waals surface area contributed by atoms with E-state index in [4.69, 9.17) is 9.79 Å². The van der Waals surface area contributed by atoms with E-state index in [2.05, 4.69) is 25.9 Å². The Labute approximate surface area is 227 Å². The fourth-order valence-corrected chi connectivity index (χ4v) is 5.34. The summed E-state index contributed by atoms with van der Waals surface area (Å²) in [6.07, 6.45) is -0.826. The van der Waals surface area contributed by atoms with Crippen LogP contribution in [0.15, 0.2) is 60.0 Å². The summed E-state index contributed by atoms with van der Waals surface area (Å²) in [5.41, 5.74) is -2.59. The molecule has 6 N–H and O–H groups in total. The number of nitrogens with one attached hydrogen (secondary N) is 2. The first-order valence-corrected chi connectivity index (χ1v) is 15.3. The van der Waals surface area contributed by atoms with Crippen molar-refractivity contribution in [1.82, 2.24) is 19.1 Å². The van der Waals surface area contributed by atoms with Crippen LogP contribution in [0.5, 0.6) is 0 Å². The Bertz CT molecular complexity index is 1850. The predicted molar refractivity (Wildman–Crippen MR) is 147 cm³/mol. The van der Waals surface area contributed by atoms with Crippen LogP contribution in [0.1, 0.15) is 12.7 Å². The number of nitrogens with zero attached hydrogens (tertiary/aromatic N) is 2. The fourth-order valence-electron chi connectivity index (χ4n) is 3.31. The van der Waals surface area contributed by atoms with Gasteiger partial charge in [-0.15, -0.1) is 0 Å². The Morgan fingerprint density at radius 2 is 1.43 bits per heavy atom. The molecule has 198 valence electrons. The average molecular weight is 731 g/mol. The Balaban J connectivity index is 0.000000206. The van der Waals surface area contributed by atoms with Gasteiger partial charge in [0.15, 0.2) is 0 Å². The molecule has 0 saturated heterocycles. The van der Waals surface area contributed by atoms with Crippen molar-refractivity contribution in [2.24, 2.45) is 0 Å². The average Bonchev–Trinajstić information content (AvgIpc) is 2.76. The Morgan fingerprint density at radius 3 is 2.00 bits per heavy atom. The summed E-state index contributed by atoms with van der Waals surface area (Å²) in [4.78, 5) is 87.4. The maximum absolute atomic E-state index is 11.8. The summed E-state index contributed by atoms with van der Waals surface area (Å²) in [5.74, 6) is -1.40. The standard InChI is InChI=1S/C10H10IN2O5P.C9H8BrN2O5P/c1-5(19(16,17)18)13-8-3-2-6(11)4-7(8)12-9(14)10(13)15;10-5-1-2-7-6(3-5)11-8(13)9(14)12(7)4-18(15,16)17/h2-5H,1H3,(H,12,14)(H2,16,17,18);1-3H,4H2,(H,11,13)(H2,15,16,17). The molecule has 0 aliphatic heterocycles. The van der Waals surface area contributed by atoms with Gasteiger partial charge in [-0.1, -0.05) is 15.9 Å². The van der Waals surface area contributed by atoms with Gasteiger partial charge in [0.2, 0.25) is 0 Å². The summed E-state index contributed by atoms with van der Waals surface area (Å²) in [7, 11) is -8.99. The molecule has 0 aliphatic rings. The van der Waals surface area contributed by atoms with Crippen LogP contribution in [0.25, 0.3) is 22.1 Å². The zero-order valence-corrected chi connectivity index (χ0v) is 24.1. The van der Waals surface area contributed by atoms with E-state index in [1.807, 2.05) is 22.6 Å². The van der Waals surface area contributed by atoms with Gasteiger partial charge in [0.1, 0.15) is 12.1 Å². The molecule has 0 aliphatic carbocycles. The van der Waals surface area contributed by atoms with E-state index < -0.39 is 49.5 Å². The number of hydrogen-bond acceptors (Lipinski definition) is 6. The maximum Gasteiger partial charge on any atom is 0.347 e. The molecular weight excluding hydrogens is 713 g/mol.